The van der Waals surface area contributed by atoms with E-state index >= 15 is 0 Å². The summed E-state index contributed by atoms with van der Waals surface area (Å²) in [6.07, 6.45) is 0. The van der Waals surface area contributed by atoms with E-state index in [1.165, 1.54) is 0 Å². The van der Waals surface area contributed by atoms with Crippen LogP contribution in [0.25, 0.3) is 10.4 Å². The summed E-state index contributed by atoms with van der Waals surface area (Å²) in [5, 5.41) is 0. The van der Waals surface area contributed by atoms with Gasteiger partial charge in [-0.15, -0.1) is 0 Å². The van der Waals surface area contributed by atoms with E-state index in [-0.39, 0.29) is 0 Å². The fraction of sp³-hybridized carbons (Fsp3) is 1.00. The third kappa shape index (κ3) is 26.3. The first-order chi connectivity index (χ1) is 4.83. The molecule has 0 heterocycles. The first kappa shape index (κ1) is 12.1. The van der Waals surface area contributed by atoms with Crippen LogP contribution in [0.3, 0.4) is 0 Å². The molecule has 0 saturated heterocycles. The molecule has 0 bridgehead atoms. The van der Waals surface area contributed by atoms with Crippen molar-refractivity contribution in [3.8, 4) is 0 Å². The lowest BCUT2D eigenvalue weighted by atomic mass is 10.8. The Morgan fingerprint density at radius 2 is 2.10 bits per heavy atom. The van der Waals surface area contributed by atoms with Crippen molar-refractivity contribution in [2.75, 3.05) is 13.2 Å². The summed E-state index contributed by atoms with van der Waals surface area (Å²) < 4.78 is 13.9. The van der Waals surface area contributed by atoms with E-state index in [4.69, 9.17) is 14.8 Å². The normalized spacial score (nSPS) is 7.40. The van der Waals surface area contributed by atoms with Crippen LogP contribution in [0.2, 0.25) is 0 Å². The van der Waals surface area contributed by atoms with Crippen molar-refractivity contribution in [2.45, 2.75) is 13.8 Å². The standard InChI is InChI=1S/C4H10O.N3OP/c1-3-5-4-2;1-2-3-5-4/h3-4H2,1-2H3;. The average Bonchev–Trinajstić information content (AvgIpc) is 1.93. The van der Waals surface area contributed by atoms with Crippen LogP contribution in [0.4, 0.5) is 0 Å². The van der Waals surface area contributed by atoms with Gasteiger partial charge in [-0.3, -0.25) is 4.57 Å². The highest BCUT2D eigenvalue weighted by atomic mass is 31.1. The van der Waals surface area contributed by atoms with Crippen LogP contribution >= 0.6 is 8.61 Å². The summed E-state index contributed by atoms with van der Waals surface area (Å²) >= 11 is 0. The highest BCUT2D eigenvalue weighted by Gasteiger charge is 1.64. The molecule has 0 radical (unpaired) electrons. The molecule has 0 aromatic heterocycles. The Bertz CT molecular complexity index is 111. The topological polar surface area (TPSA) is 75.1 Å². The molecule has 0 N–H and O–H groups in total. The van der Waals surface area contributed by atoms with Gasteiger partial charge in [0.15, 0.2) is 0 Å². The first-order valence-electron chi connectivity index (χ1n) is 2.77. The quantitative estimate of drug-likeness (QED) is 0.277. The predicted molar refractivity (Wildman–Crippen MR) is 38.9 cm³/mol. The molecule has 0 spiro atoms. The summed E-state index contributed by atoms with van der Waals surface area (Å²) in [7, 11) is -0.512. The van der Waals surface area contributed by atoms with Crippen LogP contribution < -0.4 is 0 Å². The number of ether oxygens (including phenoxy) is 1. The Labute approximate surface area is 61.3 Å². The smallest absolute Gasteiger partial charge is 0.254 e. The van der Waals surface area contributed by atoms with Gasteiger partial charge >= 0.3 is 0 Å². The van der Waals surface area contributed by atoms with E-state index in [1.807, 2.05) is 13.8 Å². The van der Waals surface area contributed by atoms with Gasteiger partial charge in [0.25, 0.3) is 8.61 Å². The fourth-order valence-corrected chi connectivity index (χ4v) is 0.253. The Balaban J connectivity index is 0. The van der Waals surface area contributed by atoms with Gasteiger partial charge in [0, 0.05) is 23.0 Å². The lowest BCUT2D eigenvalue weighted by Gasteiger charge is -1.86. The van der Waals surface area contributed by atoms with Gasteiger partial charge in [0.1, 0.15) is 0 Å². The monoisotopic (exact) mass is 163 g/mol. The molecule has 0 atom stereocenters. The van der Waals surface area contributed by atoms with Crippen LogP contribution in [0.15, 0.2) is 4.88 Å². The summed E-state index contributed by atoms with van der Waals surface area (Å²) in [4.78, 5) is 4.72. The van der Waals surface area contributed by atoms with Crippen molar-refractivity contribution >= 4 is 8.61 Å². The molecule has 0 saturated carbocycles. The molecule has 58 valence electrons. The zero-order valence-electron chi connectivity index (χ0n) is 6.02. The minimum Gasteiger partial charge on any atom is -0.382 e. The largest absolute Gasteiger partial charge is 0.382 e. The zero-order chi connectivity index (χ0) is 8.24. The molecule has 0 unspecified atom stereocenters. The molecule has 0 fully saturated rings. The van der Waals surface area contributed by atoms with Crippen molar-refractivity contribution in [3.05, 3.63) is 10.4 Å². The Kier molecular flexibility index (Phi) is 19.1. The Morgan fingerprint density at radius 3 is 2.10 bits per heavy atom. The highest BCUT2D eigenvalue weighted by Crippen LogP contribution is 1.88. The average molecular weight is 163 g/mol. The number of rotatable bonds is 3. The van der Waals surface area contributed by atoms with Crippen LogP contribution in [0.1, 0.15) is 13.8 Å². The van der Waals surface area contributed by atoms with Gasteiger partial charge in [0.05, 0.1) is 0 Å². The molecular weight excluding hydrogens is 153 g/mol. The third-order valence-electron chi connectivity index (χ3n) is 0.485. The molecule has 0 aliphatic heterocycles. The molecule has 6 heteroatoms. The summed E-state index contributed by atoms with van der Waals surface area (Å²) in [5.41, 5.74) is 7.32. The lowest BCUT2D eigenvalue weighted by molar-refractivity contribution is 0.162. The van der Waals surface area contributed by atoms with Gasteiger partial charge in [0.2, 0.25) is 0 Å². The van der Waals surface area contributed by atoms with Gasteiger partial charge in [-0.1, -0.05) is 0 Å². The first-order valence-corrected chi connectivity index (χ1v) is 3.54. The number of hydrogen-bond donors (Lipinski definition) is 0. The van der Waals surface area contributed by atoms with Crippen LogP contribution in [-0.4, -0.2) is 13.2 Å². The van der Waals surface area contributed by atoms with E-state index in [2.05, 4.69) is 9.80 Å². The molecule has 5 nitrogen and oxygen atoms in total. The highest BCUT2D eigenvalue weighted by molar-refractivity contribution is 7.21. The zero-order valence-corrected chi connectivity index (χ0v) is 6.91. The second-order valence-electron chi connectivity index (χ2n) is 1.04. The molecule has 0 aliphatic rings. The van der Waals surface area contributed by atoms with Crippen LogP contribution in [0.5, 0.6) is 0 Å². The minimum absolute atomic E-state index is 0.512. The molecule has 0 aliphatic carbocycles. The molecule has 0 rings (SSSR count). The second-order valence-corrected chi connectivity index (χ2v) is 1.38. The van der Waals surface area contributed by atoms with E-state index in [0.29, 0.717) is 0 Å². The third-order valence-corrected chi connectivity index (χ3v) is 0.638. The molecule has 0 aromatic carbocycles. The van der Waals surface area contributed by atoms with Crippen molar-refractivity contribution in [1.29, 1.82) is 0 Å². The second kappa shape index (κ2) is 15.8. The maximum absolute atomic E-state index is 9.08. The lowest BCUT2D eigenvalue weighted by Crippen LogP contribution is -1.84. The summed E-state index contributed by atoms with van der Waals surface area (Å²) in [6, 6.07) is 0. The molecule has 10 heavy (non-hydrogen) atoms. The van der Waals surface area contributed by atoms with Crippen molar-refractivity contribution in [1.82, 2.24) is 0 Å². The van der Waals surface area contributed by atoms with E-state index in [0.717, 1.165) is 13.2 Å². The van der Waals surface area contributed by atoms with Crippen LogP contribution in [0, 0.1) is 0 Å². The van der Waals surface area contributed by atoms with E-state index in [9.17, 15) is 0 Å². The summed E-state index contributed by atoms with van der Waals surface area (Å²) in [6.45, 7) is 5.67. The van der Waals surface area contributed by atoms with Gasteiger partial charge < -0.3 is 4.74 Å². The van der Waals surface area contributed by atoms with E-state index in [1.54, 1.807) is 0 Å². The maximum Gasteiger partial charge on any atom is 0.254 e. The number of azide groups is 1. The van der Waals surface area contributed by atoms with Crippen molar-refractivity contribution in [2.24, 2.45) is 4.88 Å². The Morgan fingerprint density at radius 1 is 1.60 bits per heavy atom. The maximum atomic E-state index is 9.08. The minimum atomic E-state index is -0.512. The molecule has 0 amide bonds. The SMILES string of the molecule is CCOCC.[N-]=[N+]=NP=O. The Hall–Kier alpha value is -0.630. The summed E-state index contributed by atoms with van der Waals surface area (Å²) in [5.74, 6) is 0. The number of nitrogens with zero attached hydrogens (tertiary/aromatic N) is 3. The van der Waals surface area contributed by atoms with E-state index < -0.39 is 8.61 Å². The van der Waals surface area contributed by atoms with Gasteiger partial charge in [-0.05, 0) is 19.4 Å². The van der Waals surface area contributed by atoms with Gasteiger partial charge in [-0.2, -0.15) is 0 Å². The molecule has 0 aromatic rings. The predicted octanol–water partition coefficient (Wildman–Crippen LogP) is 2.55. The van der Waals surface area contributed by atoms with Crippen molar-refractivity contribution < 1.29 is 9.30 Å². The van der Waals surface area contributed by atoms with Crippen molar-refractivity contribution in [3.63, 3.8) is 0 Å². The van der Waals surface area contributed by atoms with Crippen LogP contribution in [-0.2, 0) is 9.30 Å². The van der Waals surface area contributed by atoms with Gasteiger partial charge in [-0.25, -0.2) is 0 Å². The fourth-order valence-electron chi connectivity index (χ4n) is 0.220. The molecular formula is C4H10N3O2P. The number of hydrogen-bond acceptors (Lipinski definition) is 2.